The van der Waals surface area contributed by atoms with Crippen LogP contribution < -0.4 is 10.1 Å². The van der Waals surface area contributed by atoms with Crippen molar-refractivity contribution >= 4 is 17.7 Å². The number of benzene rings is 2. The highest BCUT2D eigenvalue weighted by molar-refractivity contribution is 7.98. The molecule has 1 fully saturated rings. The molecule has 0 saturated heterocycles. The average molecular weight is 465 g/mol. The van der Waals surface area contributed by atoms with Gasteiger partial charge in [0.05, 0.1) is 13.2 Å². The van der Waals surface area contributed by atoms with E-state index in [2.05, 4.69) is 39.8 Å². The summed E-state index contributed by atoms with van der Waals surface area (Å²) < 4.78 is 7.25. The van der Waals surface area contributed by atoms with Crippen LogP contribution in [0.25, 0.3) is 0 Å². The Hall–Kier alpha value is -2.80. The molecule has 1 amide bonds. The van der Waals surface area contributed by atoms with Crippen molar-refractivity contribution < 1.29 is 9.53 Å². The van der Waals surface area contributed by atoms with Gasteiger partial charge in [0.15, 0.2) is 11.0 Å². The molecule has 6 nitrogen and oxygen atoms in total. The van der Waals surface area contributed by atoms with Crippen molar-refractivity contribution in [2.45, 2.75) is 55.5 Å². The molecule has 174 valence electrons. The Labute approximate surface area is 200 Å². The standard InChI is InChI=1S/C26H32N4O2S/c1-30-24(28-29-26(30)33-18-20-13-15-22(32-2)16-14-20)23(17-19-9-5-3-6-10-19)27-25(31)21-11-7-4-8-12-21/h3,5-6,9-10,13-16,21,23H,4,7-8,11-12,17-18H2,1-2H3,(H,27,31)/t23-/m1/s1. The van der Waals surface area contributed by atoms with Crippen molar-refractivity contribution in [2.24, 2.45) is 13.0 Å². The summed E-state index contributed by atoms with van der Waals surface area (Å²) in [5.74, 6) is 2.68. The van der Waals surface area contributed by atoms with Gasteiger partial charge in [-0.2, -0.15) is 0 Å². The van der Waals surface area contributed by atoms with E-state index in [0.29, 0.717) is 6.42 Å². The van der Waals surface area contributed by atoms with Gasteiger partial charge in [-0.15, -0.1) is 10.2 Å². The fraction of sp³-hybridized carbons (Fsp3) is 0.423. The lowest BCUT2D eigenvalue weighted by atomic mass is 9.88. The number of methoxy groups -OCH3 is 1. The third kappa shape index (κ3) is 6.16. The van der Waals surface area contributed by atoms with E-state index in [1.54, 1.807) is 18.9 Å². The number of ether oxygens (including phenoxy) is 1. The number of rotatable bonds is 9. The van der Waals surface area contributed by atoms with Crippen molar-refractivity contribution in [3.63, 3.8) is 0 Å². The smallest absolute Gasteiger partial charge is 0.223 e. The van der Waals surface area contributed by atoms with Crippen molar-refractivity contribution in [3.05, 3.63) is 71.5 Å². The predicted octanol–water partition coefficient (Wildman–Crippen LogP) is 5.10. The summed E-state index contributed by atoms with van der Waals surface area (Å²) in [7, 11) is 3.65. The lowest BCUT2D eigenvalue weighted by Crippen LogP contribution is -2.37. The van der Waals surface area contributed by atoms with Gasteiger partial charge in [-0.05, 0) is 42.5 Å². The van der Waals surface area contributed by atoms with E-state index >= 15 is 0 Å². The van der Waals surface area contributed by atoms with Crippen LogP contribution >= 0.6 is 11.8 Å². The summed E-state index contributed by atoms with van der Waals surface area (Å²) >= 11 is 1.64. The molecule has 1 N–H and O–H groups in total. The number of aromatic nitrogens is 3. The first-order chi connectivity index (χ1) is 16.1. The van der Waals surface area contributed by atoms with Gasteiger partial charge in [0.2, 0.25) is 5.91 Å². The minimum Gasteiger partial charge on any atom is -0.497 e. The third-order valence-electron chi connectivity index (χ3n) is 6.28. The lowest BCUT2D eigenvalue weighted by Gasteiger charge is -2.25. The summed E-state index contributed by atoms with van der Waals surface area (Å²) in [6, 6.07) is 18.1. The van der Waals surface area contributed by atoms with Crippen LogP contribution in [0.3, 0.4) is 0 Å². The molecule has 2 aromatic carbocycles. The fourth-order valence-electron chi connectivity index (χ4n) is 4.34. The Morgan fingerprint density at radius 2 is 1.79 bits per heavy atom. The first-order valence-corrected chi connectivity index (χ1v) is 12.6. The van der Waals surface area contributed by atoms with Crippen molar-refractivity contribution in [1.82, 2.24) is 20.1 Å². The van der Waals surface area contributed by atoms with Crippen LogP contribution in [0.15, 0.2) is 59.8 Å². The third-order valence-corrected chi connectivity index (χ3v) is 7.37. The van der Waals surface area contributed by atoms with Crippen LogP contribution in [0.5, 0.6) is 5.75 Å². The van der Waals surface area contributed by atoms with Gasteiger partial charge in [0.1, 0.15) is 5.75 Å². The molecule has 1 atom stereocenters. The van der Waals surface area contributed by atoms with Gasteiger partial charge in [-0.25, -0.2) is 0 Å². The maximum Gasteiger partial charge on any atom is 0.223 e. The molecule has 4 rings (SSSR count). The second-order valence-electron chi connectivity index (χ2n) is 8.62. The predicted molar refractivity (Wildman–Crippen MR) is 131 cm³/mol. The molecule has 1 aliphatic carbocycles. The van der Waals surface area contributed by atoms with Gasteiger partial charge < -0.3 is 14.6 Å². The molecule has 0 aliphatic heterocycles. The molecule has 3 aromatic rings. The van der Waals surface area contributed by atoms with Crippen LogP contribution in [0.2, 0.25) is 0 Å². The summed E-state index contributed by atoms with van der Waals surface area (Å²) in [5, 5.41) is 13.1. The summed E-state index contributed by atoms with van der Waals surface area (Å²) in [5.41, 5.74) is 2.36. The number of hydrogen-bond donors (Lipinski definition) is 1. The van der Waals surface area contributed by atoms with Gasteiger partial charge in [-0.3, -0.25) is 4.79 Å². The zero-order valence-electron chi connectivity index (χ0n) is 19.4. The van der Waals surface area contributed by atoms with Crippen LogP contribution in [0.4, 0.5) is 0 Å². The van der Waals surface area contributed by atoms with Crippen LogP contribution in [0.1, 0.15) is 55.1 Å². The Bertz CT molecular complexity index is 1030. The molecule has 0 radical (unpaired) electrons. The SMILES string of the molecule is COc1ccc(CSc2nnc([C@@H](Cc3ccccc3)NC(=O)C3CCCCC3)n2C)cc1. The van der Waals surface area contributed by atoms with Crippen molar-refractivity contribution in [2.75, 3.05) is 7.11 Å². The van der Waals surface area contributed by atoms with Crippen LogP contribution in [-0.2, 0) is 24.0 Å². The minimum absolute atomic E-state index is 0.106. The number of amides is 1. The minimum atomic E-state index is -0.213. The van der Waals surface area contributed by atoms with E-state index < -0.39 is 0 Å². The Morgan fingerprint density at radius 3 is 2.48 bits per heavy atom. The molecule has 1 heterocycles. The number of carbonyl (C=O) groups excluding carboxylic acids is 1. The normalized spacial score (nSPS) is 15.2. The average Bonchev–Trinajstić information content (AvgIpc) is 3.23. The van der Waals surface area contributed by atoms with E-state index in [4.69, 9.17) is 4.74 Å². The second-order valence-corrected chi connectivity index (χ2v) is 9.56. The first-order valence-electron chi connectivity index (χ1n) is 11.6. The molecule has 7 heteroatoms. The van der Waals surface area contributed by atoms with Crippen LogP contribution in [0, 0.1) is 5.92 Å². The van der Waals surface area contributed by atoms with Crippen molar-refractivity contribution in [1.29, 1.82) is 0 Å². The zero-order chi connectivity index (χ0) is 23.0. The topological polar surface area (TPSA) is 69.0 Å². The number of carbonyl (C=O) groups is 1. The van der Waals surface area contributed by atoms with E-state index in [1.165, 1.54) is 17.5 Å². The number of thioether (sulfide) groups is 1. The van der Waals surface area contributed by atoms with E-state index in [9.17, 15) is 4.79 Å². The lowest BCUT2D eigenvalue weighted by molar-refractivity contribution is -0.126. The number of hydrogen-bond acceptors (Lipinski definition) is 5. The quantitative estimate of drug-likeness (QED) is 0.447. The molecule has 0 spiro atoms. The summed E-state index contributed by atoms with van der Waals surface area (Å²) in [6.45, 7) is 0. The molecule has 0 bridgehead atoms. The highest BCUT2D eigenvalue weighted by Crippen LogP contribution is 2.28. The van der Waals surface area contributed by atoms with Crippen LogP contribution in [-0.4, -0.2) is 27.8 Å². The highest BCUT2D eigenvalue weighted by atomic mass is 32.2. The monoisotopic (exact) mass is 464 g/mol. The molecule has 1 aromatic heterocycles. The molecule has 33 heavy (non-hydrogen) atoms. The Morgan fingerprint density at radius 1 is 1.06 bits per heavy atom. The highest BCUT2D eigenvalue weighted by Gasteiger charge is 2.27. The first kappa shape index (κ1) is 23.4. The van der Waals surface area contributed by atoms with Gasteiger partial charge in [0, 0.05) is 18.7 Å². The molecule has 1 aliphatic rings. The van der Waals surface area contributed by atoms with Crippen molar-refractivity contribution in [3.8, 4) is 5.75 Å². The Balaban J connectivity index is 1.49. The zero-order valence-corrected chi connectivity index (χ0v) is 20.2. The van der Waals surface area contributed by atoms with E-state index in [0.717, 1.165) is 48.2 Å². The molecular weight excluding hydrogens is 432 g/mol. The van der Waals surface area contributed by atoms with E-state index in [1.807, 2.05) is 41.9 Å². The second kappa shape index (κ2) is 11.4. The molecule has 1 saturated carbocycles. The van der Waals surface area contributed by atoms with Gasteiger partial charge in [0.25, 0.3) is 0 Å². The molecular formula is C26H32N4O2S. The summed E-state index contributed by atoms with van der Waals surface area (Å²) in [6.07, 6.45) is 6.15. The number of nitrogens with one attached hydrogen (secondary N) is 1. The Kier molecular flexibility index (Phi) is 8.05. The largest absolute Gasteiger partial charge is 0.497 e. The maximum absolute atomic E-state index is 13.1. The summed E-state index contributed by atoms with van der Waals surface area (Å²) in [4.78, 5) is 13.1. The number of nitrogens with zero attached hydrogens (tertiary/aromatic N) is 3. The van der Waals surface area contributed by atoms with Gasteiger partial charge in [-0.1, -0.05) is 73.5 Å². The fourth-order valence-corrected chi connectivity index (χ4v) is 5.21. The van der Waals surface area contributed by atoms with Gasteiger partial charge >= 0.3 is 0 Å². The maximum atomic E-state index is 13.1. The molecule has 0 unspecified atom stereocenters. The van der Waals surface area contributed by atoms with E-state index in [-0.39, 0.29) is 17.9 Å².